The van der Waals surface area contributed by atoms with Gasteiger partial charge in [-0.05, 0) is 65.6 Å². The number of H-pyrrole nitrogens is 1. The van der Waals surface area contributed by atoms with Crippen LogP contribution in [0.2, 0.25) is 0 Å². The van der Waals surface area contributed by atoms with Crippen LogP contribution in [0.1, 0.15) is 41.8 Å². The van der Waals surface area contributed by atoms with Gasteiger partial charge in [-0.15, -0.1) is 0 Å². The Morgan fingerprint density at radius 3 is 2.57 bits per heavy atom. The summed E-state index contributed by atoms with van der Waals surface area (Å²) in [6, 6.07) is 24.2. The lowest BCUT2D eigenvalue weighted by Crippen LogP contribution is -2.53. The third-order valence-corrected chi connectivity index (χ3v) is 8.29. The molecule has 0 saturated carbocycles. The van der Waals surface area contributed by atoms with Gasteiger partial charge in [-0.1, -0.05) is 62.4 Å². The molecule has 3 amide bonds. The fourth-order valence-electron chi connectivity index (χ4n) is 5.59. The van der Waals surface area contributed by atoms with Crippen molar-refractivity contribution in [2.75, 3.05) is 16.3 Å². The quantitative estimate of drug-likeness (QED) is 0.277. The van der Waals surface area contributed by atoms with Crippen LogP contribution < -0.4 is 15.1 Å². The van der Waals surface area contributed by atoms with Crippen molar-refractivity contribution in [2.45, 2.75) is 39.8 Å². The molecule has 0 radical (unpaired) electrons. The van der Waals surface area contributed by atoms with Crippen LogP contribution in [0.3, 0.4) is 0 Å². The Kier molecular flexibility index (Phi) is 7.20. The molecule has 0 bridgehead atoms. The summed E-state index contributed by atoms with van der Waals surface area (Å²) in [5.41, 5.74) is 4.61. The molecule has 42 heavy (non-hydrogen) atoms. The Morgan fingerprint density at radius 1 is 1.00 bits per heavy atom. The van der Waals surface area contributed by atoms with E-state index in [9.17, 15) is 14.4 Å². The molecule has 1 aliphatic heterocycles. The normalized spacial score (nSPS) is 15.9. The van der Waals surface area contributed by atoms with Gasteiger partial charge in [0.05, 0.1) is 36.2 Å². The summed E-state index contributed by atoms with van der Waals surface area (Å²) in [6.07, 6.45) is 2.31. The average Bonchev–Trinajstić information content (AvgIpc) is 3.46. The van der Waals surface area contributed by atoms with Crippen molar-refractivity contribution in [2.24, 2.45) is 5.92 Å². The van der Waals surface area contributed by atoms with E-state index in [-0.39, 0.29) is 30.2 Å². The third-order valence-electron chi connectivity index (χ3n) is 8.29. The lowest BCUT2D eigenvalue weighted by Gasteiger charge is -2.27. The monoisotopic (exact) mass is 559 g/mol. The Hall–Kier alpha value is -4.98. The molecule has 4 aromatic carbocycles. The minimum Gasteiger partial charge on any atom is -0.342 e. The van der Waals surface area contributed by atoms with Crippen LogP contribution in [0.25, 0.3) is 21.7 Å². The molecule has 0 fully saturated rings. The molecule has 6 rings (SSSR count). The second-order valence-electron chi connectivity index (χ2n) is 11.0. The Morgan fingerprint density at radius 2 is 1.76 bits per heavy atom. The van der Waals surface area contributed by atoms with Crippen LogP contribution in [-0.4, -0.2) is 40.5 Å². The van der Waals surface area contributed by atoms with Crippen LogP contribution in [0, 0.1) is 12.8 Å². The van der Waals surface area contributed by atoms with Crippen molar-refractivity contribution in [3.8, 4) is 0 Å². The summed E-state index contributed by atoms with van der Waals surface area (Å²) in [5.74, 6) is -1.00. The first kappa shape index (κ1) is 27.2. The maximum absolute atomic E-state index is 14.4. The second-order valence-corrected chi connectivity index (χ2v) is 11.0. The number of nitrogens with zero attached hydrogens (tertiary/aromatic N) is 3. The number of carbonyl (C=O) groups excluding carboxylic acids is 3. The minimum absolute atomic E-state index is 0.00526. The molecule has 0 aliphatic carbocycles. The molecule has 5 aromatic rings. The number of para-hydroxylation sites is 2. The van der Waals surface area contributed by atoms with E-state index in [1.54, 1.807) is 28.1 Å². The van der Waals surface area contributed by atoms with E-state index in [4.69, 9.17) is 0 Å². The maximum Gasteiger partial charge on any atom is 0.258 e. The van der Waals surface area contributed by atoms with Gasteiger partial charge in [0.15, 0.2) is 0 Å². The largest absolute Gasteiger partial charge is 0.342 e. The highest BCUT2D eigenvalue weighted by Crippen LogP contribution is 2.36. The van der Waals surface area contributed by atoms with E-state index in [2.05, 4.69) is 39.8 Å². The third kappa shape index (κ3) is 4.89. The molecular formula is C34H33N5O3. The van der Waals surface area contributed by atoms with Crippen molar-refractivity contribution in [1.82, 2.24) is 15.5 Å². The number of anilines is 2. The Bertz CT molecular complexity index is 1830. The highest BCUT2D eigenvalue weighted by Gasteiger charge is 2.38. The SMILES string of the molecule is CC[C@@H](C)C(=O)N[C@H]1CN(C(=O)c2ccc3[nH]ncc3c2)c2ccccc2N(Cc2c(C)ccc3ccccc23)C1=O. The summed E-state index contributed by atoms with van der Waals surface area (Å²) in [7, 11) is 0. The molecule has 0 saturated heterocycles. The number of nitrogens with one attached hydrogen (secondary N) is 2. The van der Waals surface area contributed by atoms with Crippen molar-refractivity contribution >= 4 is 50.8 Å². The number of hydrogen-bond acceptors (Lipinski definition) is 4. The smallest absolute Gasteiger partial charge is 0.258 e. The fraction of sp³-hybridized carbons (Fsp3) is 0.235. The highest BCUT2D eigenvalue weighted by atomic mass is 16.2. The number of benzene rings is 4. The molecule has 2 heterocycles. The predicted octanol–water partition coefficient (Wildman–Crippen LogP) is 5.75. The lowest BCUT2D eigenvalue weighted by molar-refractivity contribution is -0.129. The lowest BCUT2D eigenvalue weighted by atomic mass is 9.99. The maximum atomic E-state index is 14.4. The van der Waals surface area contributed by atoms with Crippen molar-refractivity contribution in [3.63, 3.8) is 0 Å². The Balaban J connectivity index is 1.47. The van der Waals surface area contributed by atoms with Crippen LogP contribution in [0.4, 0.5) is 11.4 Å². The van der Waals surface area contributed by atoms with E-state index in [1.807, 2.05) is 63.2 Å². The zero-order valence-electron chi connectivity index (χ0n) is 23.9. The molecule has 2 N–H and O–H groups in total. The van der Waals surface area contributed by atoms with Gasteiger partial charge < -0.3 is 15.1 Å². The second kappa shape index (κ2) is 11.1. The molecule has 8 nitrogen and oxygen atoms in total. The van der Waals surface area contributed by atoms with Gasteiger partial charge >= 0.3 is 0 Å². The summed E-state index contributed by atoms with van der Waals surface area (Å²) < 4.78 is 0. The van der Waals surface area contributed by atoms with Crippen molar-refractivity contribution in [1.29, 1.82) is 0 Å². The number of hydrogen-bond donors (Lipinski definition) is 2. The predicted molar refractivity (Wildman–Crippen MR) is 165 cm³/mol. The number of aryl methyl sites for hydroxylation is 1. The minimum atomic E-state index is -0.934. The molecule has 1 aromatic heterocycles. The van der Waals surface area contributed by atoms with E-state index < -0.39 is 6.04 Å². The van der Waals surface area contributed by atoms with Gasteiger partial charge in [0.2, 0.25) is 5.91 Å². The van der Waals surface area contributed by atoms with E-state index >= 15 is 0 Å². The van der Waals surface area contributed by atoms with Gasteiger partial charge in [0.1, 0.15) is 6.04 Å². The van der Waals surface area contributed by atoms with E-state index in [1.165, 1.54) is 0 Å². The van der Waals surface area contributed by atoms with Gasteiger partial charge in [0, 0.05) is 16.9 Å². The molecule has 0 spiro atoms. The molecule has 0 unspecified atom stereocenters. The highest BCUT2D eigenvalue weighted by molar-refractivity contribution is 6.13. The summed E-state index contributed by atoms with van der Waals surface area (Å²) in [6.45, 7) is 6.12. The molecule has 212 valence electrons. The first-order valence-corrected chi connectivity index (χ1v) is 14.3. The van der Waals surface area contributed by atoms with Gasteiger partial charge in [-0.25, -0.2) is 0 Å². The standard InChI is InChI=1S/C34H33N5O3/c1-4-21(2)32(40)36-29-20-39(33(41)24-15-16-28-25(17-24)18-35-37-28)31-12-8-7-11-30(31)38(34(29)42)19-27-22(3)13-14-23-9-5-6-10-26(23)27/h5-18,21,29H,4,19-20H2,1-3H3,(H,35,37)(H,36,40)/t21-,29+/m1/s1. The van der Waals surface area contributed by atoms with E-state index in [0.29, 0.717) is 29.9 Å². The van der Waals surface area contributed by atoms with Crippen molar-refractivity contribution < 1.29 is 14.4 Å². The van der Waals surface area contributed by atoms with E-state index in [0.717, 1.165) is 32.8 Å². The molecular weight excluding hydrogens is 526 g/mol. The van der Waals surface area contributed by atoms with Gasteiger partial charge in [-0.2, -0.15) is 5.10 Å². The molecule has 2 atom stereocenters. The average molecular weight is 560 g/mol. The van der Waals surface area contributed by atoms with Crippen LogP contribution in [0.5, 0.6) is 0 Å². The topological polar surface area (TPSA) is 98.4 Å². The number of rotatable bonds is 6. The van der Waals surface area contributed by atoms with Gasteiger partial charge in [0.25, 0.3) is 11.8 Å². The first-order chi connectivity index (χ1) is 20.4. The summed E-state index contributed by atoms with van der Waals surface area (Å²) in [5, 5.41) is 12.9. The molecule has 8 heteroatoms. The number of aromatic amines is 1. The van der Waals surface area contributed by atoms with Crippen molar-refractivity contribution in [3.05, 3.63) is 102 Å². The fourth-order valence-corrected chi connectivity index (χ4v) is 5.59. The van der Waals surface area contributed by atoms with Gasteiger partial charge in [-0.3, -0.25) is 19.5 Å². The van der Waals surface area contributed by atoms with Crippen LogP contribution in [-0.2, 0) is 16.1 Å². The molecule has 1 aliphatic rings. The summed E-state index contributed by atoms with van der Waals surface area (Å²) >= 11 is 0. The number of fused-ring (bicyclic) bond motifs is 3. The van der Waals surface area contributed by atoms with Crippen LogP contribution >= 0.6 is 0 Å². The zero-order chi connectivity index (χ0) is 29.4. The number of amides is 3. The number of carbonyl (C=O) groups is 3. The summed E-state index contributed by atoms with van der Waals surface area (Å²) in [4.78, 5) is 45.0. The van der Waals surface area contributed by atoms with Crippen LogP contribution in [0.15, 0.2) is 85.1 Å². The number of aromatic nitrogens is 2. The first-order valence-electron chi connectivity index (χ1n) is 14.3. The Labute approximate surface area is 244 Å². The zero-order valence-corrected chi connectivity index (χ0v) is 23.9.